The Morgan fingerprint density at radius 3 is 2.62 bits per heavy atom. The van der Waals surface area contributed by atoms with Crippen LogP contribution in [0.2, 0.25) is 0 Å². The van der Waals surface area contributed by atoms with Crippen LogP contribution in [-0.4, -0.2) is 6.04 Å². The van der Waals surface area contributed by atoms with E-state index in [0.717, 1.165) is 18.4 Å². The summed E-state index contributed by atoms with van der Waals surface area (Å²) in [5, 5.41) is 0. The Balaban J connectivity index is 2.18. The van der Waals surface area contributed by atoms with Gasteiger partial charge in [0.1, 0.15) is 5.82 Å². The van der Waals surface area contributed by atoms with Crippen LogP contribution in [0.5, 0.6) is 0 Å². The molecule has 13 heavy (non-hydrogen) atoms. The molecule has 0 amide bonds. The van der Waals surface area contributed by atoms with Crippen molar-refractivity contribution in [1.82, 2.24) is 0 Å². The van der Waals surface area contributed by atoms with Crippen molar-refractivity contribution < 1.29 is 4.39 Å². The quantitative estimate of drug-likeness (QED) is 0.703. The Morgan fingerprint density at radius 2 is 2.08 bits per heavy atom. The SMILES string of the molecule is Cc1cc(C2CC(N)C2)ccc1F. The van der Waals surface area contributed by atoms with Gasteiger partial charge in [0.15, 0.2) is 0 Å². The van der Waals surface area contributed by atoms with Crippen molar-refractivity contribution in [1.29, 1.82) is 0 Å². The van der Waals surface area contributed by atoms with Crippen molar-refractivity contribution in [3.8, 4) is 0 Å². The molecule has 0 aromatic heterocycles. The lowest BCUT2D eigenvalue weighted by Crippen LogP contribution is -2.34. The van der Waals surface area contributed by atoms with E-state index in [1.807, 2.05) is 12.1 Å². The summed E-state index contributed by atoms with van der Waals surface area (Å²) >= 11 is 0. The van der Waals surface area contributed by atoms with E-state index in [-0.39, 0.29) is 5.82 Å². The first kappa shape index (κ1) is 8.70. The van der Waals surface area contributed by atoms with Crippen molar-refractivity contribution >= 4 is 0 Å². The maximum absolute atomic E-state index is 12.9. The number of aryl methyl sites for hydroxylation is 1. The zero-order valence-electron chi connectivity index (χ0n) is 7.76. The fourth-order valence-corrected chi connectivity index (χ4v) is 1.86. The summed E-state index contributed by atoms with van der Waals surface area (Å²) in [7, 11) is 0. The van der Waals surface area contributed by atoms with Crippen LogP contribution in [0.3, 0.4) is 0 Å². The predicted octanol–water partition coefficient (Wildman–Crippen LogP) is 2.34. The molecular formula is C11H14FN. The highest BCUT2D eigenvalue weighted by Gasteiger charge is 2.27. The van der Waals surface area contributed by atoms with Crippen molar-refractivity contribution in [2.24, 2.45) is 5.73 Å². The summed E-state index contributed by atoms with van der Waals surface area (Å²) in [6.07, 6.45) is 2.09. The summed E-state index contributed by atoms with van der Waals surface area (Å²) < 4.78 is 12.9. The molecule has 1 fully saturated rings. The van der Waals surface area contributed by atoms with Crippen LogP contribution in [-0.2, 0) is 0 Å². The monoisotopic (exact) mass is 179 g/mol. The van der Waals surface area contributed by atoms with Crippen LogP contribution in [0.15, 0.2) is 18.2 Å². The van der Waals surface area contributed by atoms with Gasteiger partial charge in [-0.1, -0.05) is 12.1 Å². The van der Waals surface area contributed by atoms with Gasteiger partial charge in [-0.25, -0.2) is 4.39 Å². The first-order chi connectivity index (χ1) is 6.16. The molecule has 1 aliphatic rings. The number of hydrogen-bond acceptors (Lipinski definition) is 1. The van der Waals surface area contributed by atoms with Crippen molar-refractivity contribution in [3.05, 3.63) is 35.1 Å². The minimum Gasteiger partial charge on any atom is -0.328 e. The van der Waals surface area contributed by atoms with E-state index in [1.54, 1.807) is 13.0 Å². The molecule has 1 nitrogen and oxygen atoms in total. The van der Waals surface area contributed by atoms with Gasteiger partial charge < -0.3 is 5.73 Å². The molecule has 0 spiro atoms. The van der Waals surface area contributed by atoms with Crippen LogP contribution in [0.1, 0.15) is 29.9 Å². The maximum Gasteiger partial charge on any atom is 0.126 e. The molecule has 0 bridgehead atoms. The molecule has 1 aromatic rings. The summed E-state index contributed by atoms with van der Waals surface area (Å²) in [6, 6.07) is 5.72. The smallest absolute Gasteiger partial charge is 0.126 e. The molecule has 0 saturated heterocycles. The van der Waals surface area contributed by atoms with Gasteiger partial charge in [-0.2, -0.15) is 0 Å². The van der Waals surface area contributed by atoms with Crippen molar-refractivity contribution in [2.45, 2.75) is 31.7 Å². The van der Waals surface area contributed by atoms with E-state index in [0.29, 0.717) is 12.0 Å². The highest BCUT2D eigenvalue weighted by atomic mass is 19.1. The number of hydrogen-bond donors (Lipinski definition) is 1. The van der Waals surface area contributed by atoms with Gasteiger partial charge in [-0.05, 0) is 42.9 Å². The van der Waals surface area contributed by atoms with Gasteiger partial charge in [-0.15, -0.1) is 0 Å². The second kappa shape index (κ2) is 3.11. The minimum atomic E-state index is -0.118. The molecule has 2 N–H and O–H groups in total. The largest absolute Gasteiger partial charge is 0.328 e. The van der Waals surface area contributed by atoms with Crippen LogP contribution < -0.4 is 5.73 Å². The summed E-state index contributed by atoms with van der Waals surface area (Å²) in [4.78, 5) is 0. The molecule has 0 atom stereocenters. The van der Waals surface area contributed by atoms with Gasteiger partial charge in [0.25, 0.3) is 0 Å². The summed E-state index contributed by atoms with van der Waals surface area (Å²) in [5.74, 6) is 0.446. The Hall–Kier alpha value is -0.890. The van der Waals surface area contributed by atoms with Gasteiger partial charge in [0.05, 0.1) is 0 Å². The highest BCUT2D eigenvalue weighted by Crippen LogP contribution is 2.35. The Labute approximate surface area is 77.8 Å². The molecule has 0 heterocycles. The first-order valence-corrected chi connectivity index (χ1v) is 4.68. The molecule has 1 saturated carbocycles. The average Bonchev–Trinajstić information content (AvgIpc) is 2.05. The topological polar surface area (TPSA) is 26.0 Å². The highest BCUT2D eigenvalue weighted by molar-refractivity contribution is 5.28. The van der Waals surface area contributed by atoms with E-state index in [4.69, 9.17) is 5.73 Å². The van der Waals surface area contributed by atoms with Gasteiger partial charge in [-0.3, -0.25) is 0 Å². The number of halogens is 1. The third kappa shape index (κ3) is 1.59. The third-order valence-electron chi connectivity index (χ3n) is 2.83. The molecule has 1 aliphatic carbocycles. The second-order valence-corrected chi connectivity index (χ2v) is 3.94. The van der Waals surface area contributed by atoms with Crippen molar-refractivity contribution in [2.75, 3.05) is 0 Å². The molecule has 1 aromatic carbocycles. The molecule has 70 valence electrons. The normalized spacial score (nSPS) is 27.0. The lowest BCUT2D eigenvalue weighted by Gasteiger charge is -2.32. The second-order valence-electron chi connectivity index (χ2n) is 3.94. The standard InChI is InChI=1S/C11H14FN/c1-7-4-8(2-3-11(7)12)9-5-10(13)6-9/h2-4,9-10H,5-6,13H2,1H3. The van der Waals surface area contributed by atoms with Gasteiger partial charge in [0.2, 0.25) is 0 Å². The lowest BCUT2D eigenvalue weighted by molar-refractivity contribution is 0.351. The fraction of sp³-hybridized carbons (Fsp3) is 0.455. The zero-order valence-corrected chi connectivity index (χ0v) is 7.76. The molecular weight excluding hydrogens is 165 g/mol. The molecule has 2 rings (SSSR count). The van der Waals surface area contributed by atoms with Crippen LogP contribution in [0, 0.1) is 12.7 Å². The van der Waals surface area contributed by atoms with Crippen LogP contribution in [0.25, 0.3) is 0 Å². The van der Waals surface area contributed by atoms with Gasteiger partial charge in [0, 0.05) is 6.04 Å². The average molecular weight is 179 g/mol. The Kier molecular flexibility index (Phi) is 2.08. The Morgan fingerprint density at radius 1 is 1.38 bits per heavy atom. The number of rotatable bonds is 1. The number of nitrogens with two attached hydrogens (primary N) is 1. The lowest BCUT2D eigenvalue weighted by atomic mass is 9.76. The molecule has 2 heteroatoms. The minimum absolute atomic E-state index is 0.118. The number of benzene rings is 1. The van der Waals surface area contributed by atoms with Crippen LogP contribution >= 0.6 is 0 Å². The van der Waals surface area contributed by atoms with E-state index in [2.05, 4.69) is 0 Å². The molecule has 0 unspecified atom stereocenters. The molecule has 0 radical (unpaired) electrons. The third-order valence-corrected chi connectivity index (χ3v) is 2.83. The Bertz CT molecular complexity index is 316. The first-order valence-electron chi connectivity index (χ1n) is 4.68. The maximum atomic E-state index is 12.9. The zero-order chi connectivity index (χ0) is 9.42. The molecule has 0 aliphatic heterocycles. The summed E-state index contributed by atoms with van der Waals surface area (Å²) in [5.41, 5.74) is 7.67. The van der Waals surface area contributed by atoms with Gasteiger partial charge >= 0.3 is 0 Å². The van der Waals surface area contributed by atoms with E-state index < -0.39 is 0 Å². The van der Waals surface area contributed by atoms with E-state index in [1.165, 1.54) is 5.56 Å². The fourth-order valence-electron chi connectivity index (χ4n) is 1.86. The predicted molar refractivity (Wildman–Crippen MR) is 51.1 cm³/mol. The van der Waals surface area contributed by atoms with E-state index in [9.17, 15) is 4.39 Å². The van der Waals surface area contributed by atoms with Crippen LogP contribution in [0.4, 0.5) is 4.39 Å². The van der Waals surface area contributed by atoms with Crippen molar-refractivity contribution in [3.63, 3.8) is 0 Å². The summed E-state index contributed by atoms with van der Waals surface area (Å²) in [6.45, 7) is 1.80. The van der Waals surface area contributed by atoms with E-state index >= 15 is 0 Å².